The van der Waals surface area contributed by atoms with Gasteiger partial charge in [0.15, 0.2) is 11.5 Å². The van der Waals surface area contributed by atoms with E-state index >= 15 is 0 Å². The van der Waals surface area contributed by atoms with Crippen molar-refractivity contribution in [2.75, 3.05) is 20.7 Å². The van der Waals surface area contributed by atoms with E-state index in [0.717, 1.165) is 36.9 Å². The van der Waals surface area contributed by atoms with E-state index in [-0.39, 0.29) is 23.2 Å². The fourth-order valence-electron chi connectivity index (χ4n) is 3.44. The van der Waals surface area contributed by atoms with Crippen LogP contribution >= 0.6 is 0 Å². The molecule has 3 aromatic rings. The minimum Gasteiger partial charge on any atom is -0.493 e. The third-order valence-corrected chi connectivity index (χ3v) is 5.16. The van der Waals surface area contributed by atoms with Gasteiger partial charge in [0, 0.05) is 30.4 Å². The number of nitrogens with zero attached hydrogens (tertiary/aromatic N) is 2. The minimum atomic E-state index is -2.97. The summed E-state index contributed by atoms with van der Waals surface area (Å²) >= 11 is 0. The molecule has 3 rings (SSSR count). The number of halogens is 3. The molecular formula is C24H26F3N3O3. The predicted molar refractivity (Wildman–Crippen MR) is 118 cm³/mol. The van der Waals surface area contributed by atoms with Crippen LogP contribution in [0.5, 0.6) is 11.5 Å². The number of amides is 1. The molecule has 0 saturated carbocycles. The Morgan fingerprint density at radius 1 is 1.09 bits per heavy atom. The molecule has 1 heterocycles. The van der Waals surface area contributed by atoms with Crippen molar-refractivity contribution < 1.29 is 27.4 Å². The summed E-state index contributed by atoms with van der Waals surface area (Å²) in [6.45, 7) is -2.42. The molecule has 0 atom stereocenters. The lowest BCUT2D eigenvalue weighted by Gasteiger charge is -2.18. The number of carbonyl (C=O) groups excluding carboxylic acids is 1. The van der Waals surface area contributed by atoms with Crippen LogP contribution in [-0.2, 0) is 6.42 Å². The van der Waals surface area contributed by atoms with Gasteiger partial charge >= 0.3 is 6.61 Å². The predicted octanol–water partition coefficient (Wildman–Crippen LogP) is 5.31. The number of ether oxygens (including phenoxy) is 2. The number of aromatic nitrogens is 2. The number of methoxy groups -OCH3 is 1. The lowest BCUT2D eigenvalue weighted by atomic mass is 10.1. The molecule has 0 radical (unpaired) electrons. The first-order valence-corrected chi connectivity index (χ1v) is 10.6. The zero-order valence-electron chi connectivity index (χ0n) is 18.5. The van der Waals surface area contributed by atoms with Gasteiger partial charge < -0.3 is 14.4 Å². The van der Waals surface area contributed by atoms with E-state index in [1.807, 2.05) is 12.1 Å². The second-order valence-electron chi connectivity index (χ2n) is 7.57. The first-order valence-electron chi connectivity index (χ1n) is 10.6. The van der Waals surface area contributed by atoms with Crippen LogP contribution in [0.4, 0.5) is 13.2 Å². The number of unbranched alkanes of at least 4 members (excludes halogenated alkanes) is 2. The first kappa shape index (κ1) is 24.2. The standard InChI is InChI=1S/C24H26F3N3O3/c1-30(23(31)17-10-11-21(33-24(26)27)22(14-17)32-2)12-5-3-4-9-19-15-20(29-28-19)16-7-6-8-18(25)13-16/h6-8,10-11,13-15,24H,3-5,9,12H2,1-2H3,(H,28,29). The number of rotatable bonds is 11. The summed E-state index contributed by atoms with van der Waals surface area (Å²) in [7, 11) is 3.02. The number of alkyl halides is 2. The third kappa shape index (κ3) is 6.74. The van der Waals surface area contributed by atoms with Crippen molar-refractivity contribution in [3.8, 4) is 22.8 Å². The number of nitrogens with one attached hydrogen (secondary N) is 1. The molecule has 0 aliphatic rings. The number of benzene rings is 2. The quantitative estimate of drug-likeness (QED) is 0.393. The Kier molecular flexibility index (Phi) is 8.34. The van der Waals surface area contributed by atoms with Crippen molar-refractivity contribution >= 4 is 5.91 Å². The van der Waals surface area contributed by atoms with Gasteiger partial charge in [0.1, 0.15) is 5.82 Å². The lowest BCUT2D eigenvalue weighted by molar-refractivity contribution is -0.0512. The van der Waals surface area contributed by atoms with Gasteiger partial charge in [-0.2, -0.15) is 13.9 Å². The van der Waals surface area contributed by atoms with E-state index in [4.69, 9.17) is 4.74 Å². The summed E-state index contributed by atoms with van der Waals surface area (Å²) in [6.07, 6.45) is 3.40. The SMILES string of the molecule is COc1cc(C(=O)N(C)CCCCCc2cc(-c3cccc(F)c3)n[nH]2)ccc1OC(F)F. The van der Waals surface area contributed by atoms with Gasteiger partial charge in [-0.1, -0.05) is 18.6 Å². The maximum Gasteiger partial charge on any atom is 0.387 e. The number of H-pyrrole nitrogens is 1. The van der Waals surface area contributed by atoms with E-state index in [1.165, 1.54) is 37.4 Å². The molecule has 0 saturated heterocycles. The van der Waals surface area contributed by atoms with Crippen LogP contribution in [-0.4, -0.2) is 48.3 Å². The van der Waals surface area contributed by atoms with Crippen molar-refractivity contribution in [3.05, 3.63) is 65.6 Å². The van der Waals surface area contributed by atoms with Crippen molar-refractivity contribution in [3.63, 3.8) is 0 Å². The molecule has 176 valence electrons. The average Bonchev–Trinajstić information content (AvgIpc) is 3.27. The van der Waals surface area contributed by atoms with Crippen LogP contribution in [0.1, 0.15) is 35.3 Å². The van der Waals surface area contributed by atoms with Crippen LogP contribution in [0.25, 0.3) is 11.3 Å². The minimum absolute atomic E-state index is 0.0757. The first-order chi connectivity index (χ1) is 15.9. The van der Waals surface area contributed by atoms with Crippen LogP contribution < -0.4 is 9.47 Å². The summed E-state index contributed by atoms with van der Waals surface area (Å²) in [5.74, 6) is -0.574. The fraction of sp³-hybridized carbons (Fsp3) is 0.333. The van der Waals surface area contributed by atoms with Crippen LogP contribution in [0, 0.1) is 5.82 Å². The summed E-state index contributed by atoms with van der Waals surface area (Å²) in [5.41, 5.74) is 2.73. The number of hydrogen-bond acceptors (Lipinski definition) is 4. The maximum absolute atomic E-state index is 13.4. The molecule has 1 aromatic heterocycles. The van der Waals surface area contributed by atoms with Gasteiger partial charge in [0.2, 0.25) is 0 Å². The topological polar surface area (TPSA) is 67.5 Å². The molecular weight excluding hydrogens is 435 g/mol. The summed E-state index contributed by atoms with van der Waals surface area (Å²) < 4.78 is 47.7. The molecule has 1 N–H and O–H groups in total. The number of carbonyl (C=O) groups is 1. The number of aryl methyl sites for hydroxylation is 1. The Balaban J connectivity index is 1.44. The van der Waals surface area contributed by atoms with Gasteiger partial charge in [-0.05, 0) is 55.7 Å². The van der Waals surface area contributed by atoms with Crippen LogP contribution in [0.3, 0.4) is 0 Å². The van der Waals surface area contributed by atoms with Gasteiger partial charge in [0.25, 0.3) is 5.91 Å². The molecule has 0 unspecified atom stereocenters. The maximum atomic E-state index is 13.4. The highest BCUT2D eigenvalue weighted by molar-refractivity contribution is 5.94. The fourth-order valence-corrected chi connectivity index (χ4v) is 3.44. The van der Waals surface area contributed by atoms with Gasteiger partial charge in [-0.3, -0.25) is 9.89 Å². The largest absolute Gasteiger partial charge is 0.493 e. The van der Waals surface area contributed by atoms with Crippen molar-refractivity contribution in [2.45, 2.75) is 32.3 Å². The van der Waals surface area contributed by atoms with Crippen molar-refractivity contribution in [1.82, 2.24) is 15.1 Å². The van der Waals surface area contributed by atoms with E-state index < -0.39 is 6.61 Å². The molecule has 33 heavy (non-hydrogen) atoms. The Morgan fingerprint density at radius 2 is 1.91 bits per heavy atom. The zero-order chi connectivity index (χ0) is 23.8. The second kappa shape index (κ2) is 11.4. The van der Waals surface area contributed by atoms with Gasteiger partial charge in [-0.25, -0.2) is 4.39 Å². The molecule has 2 aromatic carbocycles. The molecule has 6 nitrogen and oxygen atoms in total. The molecule has 1 amide bonds. The Hall–Kier alpha value is -3.49. The number of aromatic amines is 1. The van der Waals surface area contributed by atoms with Gasteiger partial charge in [0.05, 0.1) is 12.8 Å². The average molecular weight is 461 g/mol. The summed E-state index contributed by atoms with van der Waals surface area (Å²) in [6, 6.07) is 12.4. The van der Waals surface area contributed by atoms with Crippen molar-refractivity contribution in [1.29, 1.82) is 0 Å². The van der Waals surface area contributed by atoms with E-state index in [2.05, 4.69) is 14.9 Å². The zero-order valence-corrected chi connectivity index (χ0v) is 18.5. The van der Waals surface area contributed by atoms with E-state index in [9.17, 15) is 18.0 Å². The third-order valence-electron chi connectivity index (χ3n) is 5.16. The monoisotopic (exact) mass is 461 g/mol. The second-order valence-corrected chi connectivity index (χ2v) is 7.57. The highest BCUT2D eigenvalue weighted by Crippen LogP contribution is 2.30. The number of hydrogen-bond donors (Lipinski definition) is 1. The smallest absolute Gasteiger partial charge is 0.387 e. The molecule has 0 aliphatic carbocycles. The summed E-state index contributed by atoms with van der Waals surface area (Å²) in [4.78, 5) is 14.2. The van der Waals surface area contributed by atoms with E-state index in [1.54, 1.807) is 18.0 Å². The summed E-state index contributed by atoms with van der Waals surface area (Å²) in [5, 5.41) is 7.23. The highest BCUT2D eigenvalue weighted by Gasteiger charge is 2.16. The normalized spacial score (nSPS) is 11.0. The van der Waals surface area contributed by atoms with Crippen molar-refractivity contribution in [2.24, 2.45) is 0 Å². The molecule has 9 heteroatoms. The lowest BCUT2D eigenvalue weighted by Crippen LogP contribution is -2.27. The van der Waals surface area contributed by atoms with Gasteiger partial charge in [-0.15, -0.1) is 0 Å². The Labute approximate surface area is 190 Å². The van der Waals surface area contributed by atoms with E-state index in [0.29, 0.717) is 17.8 Å². The molecule has 0 bridgehead atoms. The Bertz CT molecular complexity index is 1070. The molecule has 0 spiro atoms. The Morgan fingerprint density at radius 3 is 2.64 bits per heavy atom. The molecule has 0 fully saturated rings. The van der Waals surface area contributed by atoms with Crippen LogP contribution in [0.2, 0.25) is 0 Å². The highest BCUT2D eigenvalue weighted by atomic mass is 19.3. The van der Waals surface area contributed by atoms with Crippen LogP contribution in [0.15, 0.2) is 48.5 Å². The molecule has 0 aliphatic heterocycles.